The summed E-state index contributed by atoms with van der Waals surface area (Å²) in [5, 5.41) is 49.9. The van der Waals surface area contributed by atoms with Gasteiger partial charge in [-0.3, -0.25) is 13.8 Å². The Bertz CT molecular complexity index is 1050. The van der Waals surface area contributed by atoms with Crippen molar-refractivity contribution in [2.45, 2.75) is 172 Å². The van der Waals surface area contributed by atoms with E-state index in [1.807, 2.05) is 18.2 Å². The molecule has 1 fully saturated rings. The average Bonchev–Trinajstić information content (AvgIpc) is 3.12. The average molecular weight is 761 g/mol. The number of hydrogen-bond donors (Lipinski definition) is 6. The summed E-state index contributed by atoms with van der Waals surface area (Å²) in [5.74, 6) is -0.558. The predicted molar refractivity (Wildman–Crippen MR) is 202 cm³/mol. The van der Waals surface area contributed by atoms with Crippen molar-refractivity contribution in [1.82, 2.24) is 0 Å². The molecule has 52 heavy (non-hydrogen) atoms. The molecule has 6 unspecified atom stereocenters. The van der Waals surface area contributed by atoms with Crippen LogP contribution in [0.15, 0.2) is 48.6 Å². The fraction of sp³-hybridized carbons (Fsp3) is 0.769. The first-order valence-electron chi connectivity index (χ1n) is 19.5. The highest BCUT2D eigenvalue weighted by molar-refractivity contribution is 7.47. The molecule has 13 heteroatoms. The van der Waals surface area contributed by atoms with E-state index in [1.54, 1.807) is 0 Å². The van der Waals surface area contributed by atoms with Gasteiger partial charge in [0.2, 0.25) is 0 Å². The Hall–Kier alpha value is -1.70. The first-order valence-corrected chi connectivity index (χ1v) is 21.0. The van der Waals surface area contributed by atoms with Crippen molar-refractivity contribution in [3.05, 3.63) is 48.6 Å². The lowest BCUT2D eigenvalue weighted by Crippen LogP contribution is -2.64. The van der Waals surface area contributed by atoms with Gasteiger partial charge in [-0.05, 0) is 38.5 Å². The molecule has 1 aliphatic carbocycles. The van der Waals surface area contributed by atoms with Crippen LogP contribution < -0.4 is 0 Å². The fourth-order valence-corrected chi connectivity index (χ4v) is 6.58. The minimum Gasteiger partial charge on any atom is -0.457 e. The molecule has 0 aromatic heterocycles. The van der Waals surface area contributed by atoms with Crippen molar-refractivity contribution in [2.75, 3.05) is 19.8 Å². The smallest absolute Gasteiger partial charge is 0.457 e. The summed E-state index contributed by atoms with van der Waals surface area (Å²) in [6.45, 7) is 4.02. The Kier molecular flexibility index (Phi) is 28.4. The maximum absolute atomic E-state index is 12.7. The minimum absolute atomic E-state index is 0.0648. The van der Waals surface area contributed by atoms with Crippen LogP contribution in [0.3, 0.4) is 0 Å². The first kappa shape index (κ1) is 48.3. The summed E-state index contributed by atoms with van der Waals surface area (Å²) in [7, 11) is -5.03. The van der Waals surface area contributed by atoms with Gasteiger partial charge in [0.1, 0.15) is 42.7 Å². The molecule has 0 spiro atoms. The third-order valence-corrected chi connectivity index (χ3v) is 9.71. The number of phosphoric acid groups is 1. The molecular formula is C39H69O12P. The van der Waals surface area contributed by atoms with Crippen molar-refractivity contribution in [2.24, 2.45) is 0 Å². The van der Waals surface area contributed by atoms with Crippen LogP contribution >= 0.6 is 7.82 Å². The van der Waals surface area contributed by atoms with Gasteiger partial charge in [-0.1, -0.05) is 133 Å². The molecule has 0 aliphatic heterocycles. The van der Waals surface area contributed by atoms with Crippen molar-refractivity contribution in [3.63, 3.8) is 0 Å². The molecule has 0 aromatic rings. The zero-order valence-electron chi connectivity index (χ0n) is 31.6. The van der Waals surface area contributed by atoms with E-state index < -0.39 is 63.1 Å². The Balaban J connectivity index is 2.53. The fourth-order valence-electron chi connectivity index (χ4n) is 5.60. The van der Waals surface area contributed by atoms with Crippen molar-refractivity contribution >= 4 is 13.8 Å². The molecule has 1 rings (SSSR count). The summed E-state index contributed by atoms with van der Waals surface area (Å²) < 4.78 is 33.9. The van der Waals surface area contributed by atoms with Crippen molar-refractivity contribution in [1.29, 1.82) is 0 Å². The standard InChI is InChI=1S/C39H69O12P/c1-3-5-7-9-11-13-15-17-18-20-22-24-26-28-33(40)50-32(30-48-29-27-25-23-21-19-16-14-12-10-8-6-4-2)31-49-52(46,47)51-39-37(44)35(42)34(41)36(43)38(39)45/h5,7,11,13,17-18,22,24,32,34-39,41-45H,3-4,6,8-10,12,14-16,19-21,23,25-31H2,1-2H3,(H,46,47)/b7-5-,13-11-,18-17-,24-22-. The minimum atomic E-state index is -5.03. The normalized spacial score (nSPS) is 24.4. The van der Waals surface area contributed by atoms with Gasteiger partial charge >= 0.3 is 13.8 Å². The van der Waals surface area contributed by atoms with Gasteiger partial charge < -0.3 is 39.9 Å². The molecular weight excluding hydrogens is 691 g/mol. The lowest BCUT2D eigenvalue weighted by Gasteiger charge is -2.41. The molecule has 0 saturated heterocycles. The molecule has 1 saturated carbocycles. The van der Waals surface area contributed by atoms with Gasteiger partial charge in [0, 0.05) is 13.0 Å². The molecule has 302 valence electrons. The third-order valence-electron chi connectivity index (χ3n) is 8.73. The number of ether oxygens (including phenoxy) is 2. The van der Waals surface area contributed by atoms with E-state index >= 15 is 0 Å². The SMILES string of the molecule is CC/C=C\C/C=C\C/C=C\C/C=C\CCC(=O)OC(COCCCCCCCCCCCCCC)COP(=O)(O)OC1C(O)C(O)C(O)C(O)C1O. The number of carbonyl (C=O) groups excluding carboxylic acids is 1. The lowest BCUT2D eigenvalue weighted by molar-refractivity contribution is -0.220. The van der Waals surface area contributed by atoms with E-state index in [9.17, 15) is 39.8 Å². The van der Waals surface area contributed by atoms with Crippen LogP contribution in [0.2, 0.25) is 0 Å². The van der Waals surface area contributed by atoms with Crippen LogP contribution in [0.1, 0.15) is 129 Å². The van der Waals surface area contributed by atoms with Crippen LogP contribution in [0.25, 0.3) is 0 Å². The van der Waals surface area contributed by atoms with E-state index in [0.29, 0.717) is 13.0 Å². The quantitative estimate of drug-likeness (QED) is 0.0194. The molecule has 0 bridgehead atoms. The zero-order valence-corrected chi connectivity index (χ0v) is 32.5. The van der Waals surface area contributed by atoms with Crippen LogP contribution in [0, 0.1) is 0 Å². The Morgan fingerprint density at radius 3 is 1.62 bits per heavy atom. The molecule has 0 amide bonds. The molecule has 0 aromatic carbocycles. The number of esters is 1. The number of unbranched alkanes of at least 4 members (excludes halogenated alkanes) is 11. The number of rotatable bonds is 31. The number of phosphoric ester groups is 1. The van der Waals surface area contributed by atoms with Crippen LogP contribution in [0.5, 0.6) is 0 Å². The zero-order chi connectivity index (χ0) is 38.5. The highest BCUT2D eigenvalue weighted by Gasteiger charge is 2.51. The summed E-state index contributed by atoms with van der Waals surface area (Å²) in [4.78, 5) is 22.9. The van der Waals surface area contributed by atoms with E-state index in [1.165, 1.54) is 57.8 Å². The van der Waals surface area contributed by atoms with Crippen LogP contribution in [-0.4, -0.2) is 98.9 Å². The van der Waals surface area contributed by atoms with Crippen LogP contribution in [-0.2, 0) is 27.9 Å². The van der Waals surface area contributed by atoms with E-state index in [-0.39, 0.29) is 13.0 Å². The topological polar surface area (TPSA) is 192 Å². The van der Waals surface area contributed by atoms with Gasteiger partial charge in [-0.2, -0.15) is 0 Å². The van der Waals surface area contributed by atoms with Gasteiger partial charge in [-0.15, -0.1) is 0 Å². The predicted octanol–water partition coefficient (Wildman–Crippen LogP) is 6.52. The first-order chi connectivity index (χ1) is 25.0. The highest BCUT2D eigenvalue weighted by atomic mass is 31.2. The maximum atomic E-state index is 12.7. The summed E-state index contributed by atoms with van der Waals surface area (Å²) in [6, 6.07) is 0. The Morgan fingerprint density at radius 1 is 0.635 bits per heavy atom. The monoisotopic (exact) mass is 760 g/mol. The largest absolute Gasteiger partial charge is 0.472 e. The van der Waals surface area contributed by atoms with E-state index in [2.05, 4.69) is 44.2 Å². The molecule has 6 N–H and O–H groups in total. The second-order valence-electron chi connectivity index (χ2n) is 13.4. The lowest BCUT2D eigenvalue weighted by atomic mass is 9.85. The van der Waals surface area contributed by atoms with Gasteiger partial charge in [0.05, 0.1) is 13.2 Å². The molecule has 1 aliphatic rings. The molecule has 0 heterocycles. The summed E-state index contributed by atoms with van der Waals surface area (Å²) >= 11 is 0. The number of allylic oxidation sites excluding steroid dienone is 8. The molecule has 6 atom stereocenters. The Labute approximate surface area is 312 Å². The van der Waals surface area contributed by atoms with Gasteiger partial charge in [0.15, 0.2) is 0 Å². The number of hydrogen-bond acceptors (Lipinski definition) is 11. The van der Waals surface area contributed by atoms with Gasteiger partial charge in [-0.25, -0.2) is 4.57 Å². The molecule has 12 nitrogen and oxygen atoms in total. The van der Waals surface area contributed by atoms with Gasteiger partial charge in [0.25, 0.3) is 0 Å². The number of aliphatic hydroxyl groups is 5. The number of carbonyl (C=O) groups is 1. The second-order valence-corrected chi connectivity index (χ2v) is 14.8. The highest BCUT2D eigenvalue weighted by Crippen LogP contribution is 2.47. The summed E-state index contributed by atoms with van der Waals surface area (Å²) in [5.41, 5.74) is 0. The summed E-state index contributed by atoms with van der Waals surface area (Å²) in [6.07, 6.45) is 22.1. The van der Waals surface area contributed by atoms with Crippen LogP contribution in [0.4, 0.5) is 0 Å². The Morgan fingerprint density at radius 2 is 1.10 bits per heavy atom. The molecule has 0 radical (unpaired) electrons. The number of aliphatic hydroxyl groups excluding tert-OH is 5. The second kappa shape index (κ2) is 30.6. The van der Waals surface area contributed by atoms with Crippen molar-refractivity contribution in [3.8, 4) is 0 Å². The maximum Gasteiger partial charge on any atom is 0.472 e. The van der Waals surface area contributed by atoms with Crippen molar-refractivity contribution < 1.29 is 58.3 Å². The van der Waals surface area contributed by atoms with E-state index in [4.69, 9.17) is 18.5 Å². The third kappa shape index (κ3) is 23.2. The van der Waals surface area contributed by atoms with E-state index in [0.717, 1.165) is 44.9 Å².